The molecule has 4 aliphatic rings. The first kappa shape index (κ1) is 16.1. The smallest absolute Gasteiger partial charge is 0.0810 e. The Morgan fingerprint density at radius 1 is 0.957 bits per heavy atom. The Bertz CT molecular complexity index is 541. The molecule has 2 bridgehead atoms. The lowest BCUT2D eigenvalue weighted by Gasteiger charge is -2.66. The maximum absolute atomic E-state index is 11.1. The minimum atomic E-state index is -0.477. The Morgan fingerprint density at radius 2 is 1.65 bits per heavy atom. The molecule has 4 rings (SSSR count). The molecule has 8 atom stereocenters. The van der Waals surface area contributed by atoms with Gasteiger partial charge in [-0.15, -0.1) is 0 Å². The second-order valence-electron chi connectivity index (χ2n) is 10.0. The number of aliphatic hydroxyl groups excluding tert-OH is 3. The van der Waals surface area contributed by atoms with Gasteiger partial charge < -0.3 is 15.3 Å². The molecule has 0 aliphatic heterocycles. The molecule has 0 heterocycles. The van der Waals surface area contributed by atoms with Crippen molar-refractivity contribution >= 4 is 0 Å². The Morgan fingerprint density at radius 3 is 2.35 bits per heavy atom. The standard InChI is InChI=1S/C20H32O3/c1-11-12-5-6-15-19(4)9-13(21)8-18(2,3)16(19)14(22)10-20(15,7-12)17(11)23/h12-17,21-23H,1,5-10H2,2-4H3/t12-,13-,14-,15+,16-,17+,19+,20+/m1/s1. The lowest BCUT2D eigenvalue weighted by molar-refractivity contribution is -0.229. The zero-order chi connectivity index (χ0) is 16.8. The van der Waals surface area contributed by atoms with Crippen LogP contribution in [-0.2, 0) is 0 Å². The van der Waals surface area contributed by atoms with E-state index >= 15 is 0 Å². The maximum Gasteiger partial charge on any atom is 0.0810 e. The van der Waals surface area contributed by atoms with Crippen molar-refractivity contribution in [3.63, 3.8) is 0 Å². The molecule has 3 heteroatoms. The van der Waals surface area contributed by atoms with Crippen molar-refractivity contribution in [1.82, 2.24) is 0 Å². The summed E-state index contributed by atoms with van der Waals surface area (Å²) in [6, 6.07) is 0. The van der Waals surface area contributed by atoms with E-state index in [9.17, 15) is 15.3 Å². The van der Waals surface area contributed by atoms with Gasteiger partial charge in [0, 0.05) is 5.41 Å². The Hall–Kier alpha value is -0.380. The quantitative estimate of drug-likeness (QED) is 0.602. The Kier molecular flexibility index (Phi) is 3.23. The van der Waals surface area contributed by atoms with Crippen LogP contribution in [0.4, 0.5) is 0 Å². The van der Waals surface area contributed by atoms with Crippen LogP contribution in [0.1, 0.15) is 59.3 Å². The van der Waals surface area contributed by atoms with E-state index in [2.05, 4.69) is 27.4 Å². The normalized spacial score (nSPS) is 57.7. The maximum atomic E-state index is 11.1. The molecule has 3 N–H and O–H groups in total. The molecule has 130 valence electrons. The second-order valence-corrected chi connectivity index (χ2v) is 10.0. The van der Waals surface area contributed by atoms with Crippen LogP contribution in [-0.4, -0.2) is 33.6 Å². The fourth-order valence-corrected chi connectivity index (χ4v) is 8.05. The van der Waals surface area contributed by atoms with E-state index in [0.717, 1.165) is 37.7 Å². The lowest BCUT2D eigenvalue weighted by Crippen LogP contribution is -2.64. The van der Waals surface area contributed by atoms with Crippen molar-refractivity contribution in [2.75, 3.05) is 0 Å². The van der Waals surface area contributed by atoms with E-state index < -0.39 is 12.2 Å². The summed E-state index contributed by atoms with van der Waals surface area (Å²) in [6.07, 6.45) is 4.25. The first-order chi connectivity index (χ1) is 10.6. The number of hydrogen-bond donors (Lipinski definition) is 3. The number of rotatable bonds is 0. The average molecular weight is 320 g/mol. The summed E-state index contributed by atoms with van der Waals surface area (Å²) in [4.78, 5) is 0. The zero-order valence-corrected chi connectivity index (χ0v) is 14.8. The van der Waals surface area contributed by atoms with Crippen LogP contribution in [0.5, 0.6) is 0 Å². The Labute approximate surface area is 139 Å². The van der Waals surface area contributed by atoms with E-state index in [0.29, 0.717) is 18.3 Å². The van der Waals surface area contributed by atoms with Crippen LogP contribution in [0.2, 0.25) is 0 Å². The molecule has 4 saturated carbocycles. The van der Waals surface area contributed by atoms with Crippen LogP contribution in [0, 0.1) is 34.0 Å². The molecule has 0 radical (unpaired) electrons. The third-order valence-corrected chi connectivity index (χ3v) is 8.30. The molecule has 0 amide bonds. The third-order valence-electron chi connectivity index (χ3n) is 8.30. The summed E-state index contributed by atoms with van der Waals surface area (Å²) >= 11 is 0. The van der Waals surface area contributed by atoms with Gasteiger partial charge in [0.2, 0.25) is 0 Å². The molecular formula is C20H32O3. The topological polar surface area (TPSA) is 60.7 Å². The number of fused-ring (bicyclic) bond motifs is 3. The predicted octanol–water partition coefficient (Wildman–Crippen LogP) is 2.89. The lowest BCUT2D eigenvalue weighted by atomic mass is 9.40. The summed E-state index contributed by atoms with van der Waals surface area (Å²) < 4.78 is 0. The fourth-order valence-electron chi connectivity index (χ4n) is 8.05. The summed E-state index contributed by atoms with van der Waals surface area (Å²) in [7, 11) is 0. The molecule has 0 aromatic carbocycles. The van der Waals surface area contributed by atoms with Crippen LogP contribution >= 0.6 is 0 Å². The SMILES string of the molecule is C=C1[C@@H]2CC[C@H]3[C@]4(C)C[C@H](O)CC(C)(C)[C@H]4[C@H](O)C[C@]3(C2)[C@H]1O. The van der Waals surface area contributed by atoms with Crippen molar-refractivity contribution in [3.05, 3.63) is 12.2 Å². The highest BCUT2D eigenvalue weighted by molar-refractivity contribution is 5.28. The number of hydrogen-bond acceptors (Lipinski definition) is 3. The molecular weight excluding hydrogens is 288 g/mol. The molecule has 0 unspecified atom stereocenters. The van der Waals surface area contributed by atoms with Gasteiger partial charge >= 0.3 is 0 Å². The third kappa shape index (κ3) is 1.88. The van der Waals surface area contributed by atoms with E-state index in [1.54, 1.807) is 0 Å². The van der Waals surface area contributed by atoms with Gasteiger partial charge in [0.15, 0.2) is 0 Å². The highest BCUT2D eigenvalue weighted by Crippen LogP contribution is 2.71. The predicted molar refractivity (Wildman–Crippen MR) is 89.7 cm³/mol. The van der Waals surface area contributed by atoms with Gasteiger partial charge in [-0.05, 0) is 72.7 Å². The summed E-state index contributed by atoms with van der Waals surface area (Å²) in [5.41, 5.74) is 0.621. The van der Waals surface area contributed by atoms with Crippen molar-refractivity contribution in [3.8, 4) is 0 Å². The average Bonchev–Trinajstić information content (AvgIpc) is 2.57. The highest BCUT2D eigenvalue weighted by Gasteiger charge is 2.69. The minimum absolute atomic E-state index is 0.0646. The van der Waals surface area contributed by atoms with Crippen molar-refractivity contribution in [2.24, 2.45) is 34.0 Å². The van der Waals surface area contributed by atoms with Gasteiger partial charge in [0.1, 0.15) is 0 Å². The first-order valence-electron chi connectivity index (χ1n) is 9.35. The molecule has 1 spiro atoms. The van der Waals surface area contributed by atoms with E-state index in [-0.39, 0.29) is 28.3 Å². The molecule has 4 aliphatic carbocycles. The van der Waals surface area contributed by atoms with Gasteiger partial charge in [0.25, 0.3) is 0 Å². The fraction of sp³-hybridized carbons (Fsp3) is 0.900. The number of aliphatic hydroxyl groups is 3. The van der Waals surface area contributed by atoms with E-state index in [1.165, 1.54) is 0 Å². The summed E-state index contributed by atoms with van der Waals surface area (Å²) in [6.45, 7) is 10.9. The first-order valence-corrected chi connectivity index (χ1v) is 9.35. The van der Waals surface area contributed by atoms with Crippen LogP contribution < -0.4 is 0 Å². The van der Waals surface area contributed by atoms with E-state index in [1.807, 2.05) is 0 Å². The largest absolute Gasteiger partial charge is 0.393 e. The minimum Gasteiger partial charge on any atom is -0.393 e. The van der Waals surface area contributed by atoms with Gasteiger partial charge in [0.05, 0.1) is 18.3 Å². The second kappa shape index (κ2) is 4.62. The van der Waals surface area contributed by atoms with Gasteiger partial charge in [-0.1, -0.05) is 27.4 Å². The van der Waals surface area contributed by atoms with Crippen LogP contribution in [0.25, 0.3) is 0 Å². The van der Waals surface area contributed by atoms with Crippen LogP contribution in [0.15, 0.2) is 12.2 Å². The molecule has 23 heavy (non-hydrogen) atoms. The molecule has 4 fully saturated rings. The van der Waals surface area contributed by atoms with E-state index in [4.69, 9.17) is 0 Å². The van der Waals surface area contributed by atoms with Crippen molar-refractivity contribution in [2.45, 2.75) is 77.6 Å². The highest BCUT2D eigenvalue weighted by atomic mass is 16.3. The summed E-state index contributed by atoms with van der Waals surface area (Å²) in [5, 5.41) is 32.7. The van der Waals surface area contributed by atoms with Gasteiger partial charge in [-0.3, -0.25) is 0 Å². The Balaban J connectivity index is 1.83. The van der Waals surface area contributed by atoms with Crippen molar-refractivity contribution in [1.29, 1.82) is 0 Å². The molecule has 0 aromatic heterocycles. The van der Waals surface area contributed by atoms with Gasteiger partial charge in [-0.2, -0.15) is 0 Å². The zero-order valence-electron chi connectivity index (χ0n) is 14.8. The summed E-state index contributed by atoms with van der Waals surface area (Å²) in [5.74, 6) is 1.00. The molecule has 0 aromatic rings. The van der Waals surface area contributed by atoms with Crippen LogP contribution in [0.3, 0.4) is 0 Å². The van der Waals surface area contributed by atoms with Gasteiger partial charge in [-0.25, -0.2) is 0 Å². The molecule has 3 nitrogen and oxygen atoms in total. The molecule has 0 saturated heterocycles. The van der Waals surface area contributed by atoms with Crippen molar-refractivity contribution < 1.29 is 15.3 Å². The monoisotopic (exact) mass is 320 g/mol.